The van der Waals surface area contributed by atoms with Crippen molar-refractivity contribution in [1.29, 1.82) is 0 Å². The maximum Gasteiger partial charge on any atom is 0.310 e. The quantitative estimate of drug-likeness (QED) is 0.172. The number of aliphatic hydroxyl groups excluding tert-OH is 1. The van der Waals surface area contributed by atoms with Gasteiger partial charge in [-0.25, -0.2) is 0 Å². The molecule has 0 saturated carbocycles. The summed E-state index contributed by atoms with van der Waals surface area (Å²) in [4.78, 5) is 44.4. The second kappa shape index (κ2) is 11.6. The fourth-order valence-electron chi connectivity index (χ4n) is 5.88. The van der Waals surface area contributed by atoms with E-state index in [1.165, 1.54) is 4.90 Å². The molecule has 0 aliphatic carbocycles. The minimum absolute atomic E-state index is 0.0112. The van der Waals surface area contributed by atoms with E-state index >= 15 is 0 Å². The third-order valence-electron chi connectivity index (χ3n) is 7.39. The molecular formula is C27H33BrN2O6S. The summed E-state index contributed by atoms with van der Waals surface area (Å²) in [6.07, 6.45) is 5.36. The summed E-state index contributed by atoms with van der Waals surface area (Å²) in [5.41, 5.74) is 0.646. The lowest BCUT2D eigenvalue weighted by atomic mass is 9.71. The first-order valence-corrected chi connectivity index (χ1v) is 14.2. The minimum atomic E-state index is -0.840. The Balaban J connectivity index is 1.69. The van der Waals surface area contributed by atoms with Crippen LogP contribution in [-0.4, -0.2) is 82.1 Å². The number of β-amino-alcohol motifs (C(OH)–C–C–N with tert-alkyl or cyclic N) is 1. The molecule has 3 fully saturated rings. The highest BCUT2D eigenvalue weighted by molar-refractivity contribution is 9.09. The molecule has 3 aliphatic rings. The van der Waals surface area contributed by atoms with Crippen LogP contribution in [0.1, 0.15) is 19.3 Å². The number of aliphatic hydroxyl groups is 1. The fraction of sp³-hybridized carbons (Fsp3) is 0.519. The van der Waals surface area contributed by atoms with E-state index in [-0.39, 0.29) is 48.2 Å². The average molecular weight is 594 g/mol. The molecule has 3 unspecified atom stereocenters. The van der Waals surface area contributed by atoms with E-state index in [9.17, 15) is 19.5 Å². The summed E-state index contributed by atoms with van der Waals surface area (Å²) in [5.74, 6) is -1.63. The number of hydrogen-bond acceptors (Lipinski definition) is 7. The lowest BCUT2D eigenvalue weighted by Crippen LogP contribution is -2.56. The fourth-order valence-corrected chi connectivity index (χ4v) is 9.48. The lowest BCUT2D eigenvalue weighted by molar-refractivity contribution is -0.154. The summed E-state index contributed by atoms with van der Waals surface area (Å²) in [6.45, 7) is 7.73. The van der Waals surface area contributed by atoms with Crippen LogP contribution in [0, 0.1) is 11.8 Å². The monoisotopic (exact) mass is 592 g/mol. The van der Waals surface area contributed by atoms with Crippen LogP contribution in [0.2, 0.25) is 0 Å². The Morgan fingerprint density at radius 3 is 2.65 bits per heavy atom. The first kappa shape index (κ1) is 27.7. The number of fused-ring (bicyclic) bond motifs is 1. The summed E-state index contributed by atoms with van der Waals surface area (Å²) >= 11 is 5.28. The number of anilines is 1. The molecule has 1 N–H and O–H groups in total. The first-order valence-electron chi connectivity index (χ1n) is 12.4. The van der Waals surface area contributed by atoms with E-state index in [4.69, 9.17) is 9.47 Å². The molecule has 3 saturated heterocycles. The minimum Gasteiger partial charge on any atom is -0.497 e. The first-order chi connectivity index (χ1) is 17.8. The Labute approximate surface area is 230 Å². The van der Waals surface area contributed by atoms with Crippen LogP contribution >= 0.6 is 27.7 Å². The molecule has 2 bridgehead atoms. The molecule has 4 rings (SSSR count). The number of carbonyl (C=O) groups excluding carboxylic acids is 3. The zero-order valence-corrected chi connectivity index (χ0v) is 23.3. The van der Waals surface area contributed by atoms with Gasteiger partial charge in [-0.2, -0.15) is 0 Å². The number of hydrogen-bond donors (Lipinski definition) is 1. The summed E-state index contributed by atoms with van der Waals surface area (Å²) < 4.78 is 10.0. The van der Waals surface area contributed by atoms with Crippen LogP contribution in [0.15, 0.2) is 49.6 Å². The van der Waals surface area contributed by atoms with Gasteiger partial charge < -0.3 is 24.4 Å². The van der Waals surface area contributed by atoms with Crippen LogP contribution in [0.4, 0.5) is 5.69 Å². The second-order valence-corrected chi connectivity index (χ2v) is 12.2. The molecule has 1 aromatic rings. The molecule has 1 aromatic carbocycles. The molecule has 3 aliphatic heterocycles. The van der Waals surface area contributed by atoms with Gasteiger partial charge >= 0.3 is 5.97 Å². The third-order valence-corrected chi connectivity index (χ3v) is 10.6. The van der Waals surface area contributed by atoms with E-state index in [0.717, 1.165) is 6.42 Å². The average Bonchev–Trinajstić information content (AvgIpc) is 3.48. The third kappa shape index (κ3) is 4.83. The van der Waals surface area contributed by atoms with Gasteiger partial charge in [0.1, 0.15) is 11.8 Å². The maximum absolute atomic E-state index is 14.3. The molecule has 10 heteroatoms. The van der Waals surface area contributed by atoms with Crippen molar-refractivity contribution in [2.24, 2.45) is 11.8 Å². The SMILES string of the molecule is C=CCCCOC(=O)[C@H]1[C@H]2C(=O)N(CCO)C(C(=O)N(CC=C)c3ccc(OC)cc3)C23CC(Br)[C@@H]1S3. The largest absolute Gasteiger partial charge is 0.497 e. The molecule has 37 heavy (non-hydrogen) atoms. The number of likely N-dealkylation sites (tertiary alicyclic amines) is 1. The summed E-state index contributed by atoms with van der Waals surface area (Å²) in [6, 6.07) is 6.28. The van der Waals surface area contributed by atoms with Gasteiger partial charge in [-0.1, -0.05) is 28.1 Å². The van der Waals surface area contributed by atoms with Crippen LogP contribution in [0.3, 0.4) is 0 Å². The Morgan fingerprint density at radius 1 is 1.30 bits per heavy atom. The van der Waals surface area contributed by atoms with Crippen molar-refractivity contribution in [3.63, 3.8) is 0 Å². The maximum atomic E-state index is 14.3. The van der Waals surface area contributed by atoms with Crippen molar-refractivity contribution < 1.29 is 29.0 Å². The standard InChI is InChI=1S/C27H33BrN2O6S/c1-4-6-7-15-36-26(34)20-21-24(32)30(13-14-31)23(27(21)16-19(28)22(20)37-27)25(33)29(12-5-2)17-8-10-18(35-3)11-9-17/h4-5,8-11,19-23,31H,1-2,6-7,12-16H2,3H3/t19?,20-,21-,22-,23?,27?/m0/s1. The number of methoxy groups -OCH3 is 1. The van der Waals surface area contributed by atoms with Gasteiger partial charge in [-0.05, 0) is 43.5 Å². The molecule has 1 spiro atoms. The van der Waals surface area contributed by atoms with Gasteiger partial charge in [0.25, 0.3) is 5.91 Å². The number of amides is 2. The highest BCUT2D eigenvalue weighted by Gasteiger charge is 2.76. The van der Waals surface area contributed by atoms with E-state index in [0.29, 0.717) is 24.3 Å². The summed E-state index contributed by atoms with van der Waals surface area (Å²) in [5, 5.41) is 9.64. The number of esters is 1. The van der Waals surface area contributed by atoms with Crippen molar-refractivity contribution >= 4 is 51.2 Å². The highest BCUT2D eigenvalue weighted by Crippen LogP contribution is 2.68. The van der Waals surface area contributed by atoms with Gasteiger partial charge in [0.2, 0.25) is 5.91 Å². The number of halogens is 1. The number of rotatable bonds is 12. The number of nitrogens with zero attached hydrogens (tertiary/aromatic N) is 2. The lowest BCUT2D eigenvalue weighted by Gasteiger charge is -2.37. The number of thioether (sulfide) groups is 1. The molecule has 6 atom stereocenters. The molecule has 2 amide bonds. The zero-order valence-electron chi connectivity index (χ0n) is 20.9. The molecule has 8 nitrogen and oxygen atoms in total. The summed E-state index contributed by atoms with van der Waals surface area (Å²) in [7, 11) is 1.57. The smallest absolute Gasteiger partial charge is 0.310 e. The highest BCUT2D eigenvalue weighted by atomic mass is 79.9. The van der Waals surface area contributed by atoms with E-state index in [2.05, 4.69) is 29.1 Å². The van der Waals surface area contributed by atoms with Gasteiger partial charge in [0.15, 0.2) is 0 Å². The zero-order chi connectivity index (χ0) is 26.7. The Bertz CT molecular complexity index is 1050. The predicted octanol–water partition coefficient (Wildman–Crippen LogP) is 3.18. The molecular weight excluding hydrogens is 560 g/mol. The van der Waals surface area contributed by atoms with Crippen molar-refractivity contribution in [2.45, 2.75) is 40.1 Å². The molecule has 0 radical (unpaired) electrons. The van der Waals surface area contributed by atoms with Crippen LogP contribution in [0.25, 0.3) is 0 Å². The van der Waals surface area contributed by atoms with Crippen LogP contribution in [0.5, 0.6) is 5.75 Å². The molecule has 3 heterocycles. The number of unbranched alkanes of at least 4 members (excludes halogenated alkanes) is 1. The van der Waals surface area contributed by atoms with Gasteiger partial charge in [-0.15, -0.1) is 24.9 Å². The van der Waals surface area contributed by atoms with Crippen LogP contribution in [-0.2, 0) is 19.1 Å². The Hall–Kier alpha value is -2.30. The van der Waals surface area contributed by atoms with Crippen LogP contribution < -0.4 is 9.64 Å². The van der Waals surface area contributed by atoms with Crippen molar-refractivity contribution in [3.05, 3.63) is 49.6 Å². The van der Waals surface area contributed by atoms with E-state index in [1.807, 2.05) is 0 Å². The Morgan fingerprint density at radius 2 is 2.03 bits per heavy atom. The van der Waals surface area contributed by atoms with E-state index < -0.39 is 28.6 Å². The normalized spacial score (nSPS) is 29.6. The molecule has 0 aromatic heterocycles. The second-order valence-electron chi connectivity index (χ2n) is 9.45. The van der Waals surface area contributed by atoms with Crippen molar-refractivity contribution in [1.82, 2.24) is 4.90 Å². The number of allylic oxidation sites excluding steroid dienone is 1. The molecule has 200 valence electrons. The topological polar surface area (TPSA) is 96.4 Å². The van der Waals surface area contributed by atoms with Gasteiger partial charge in [0.05, 0.1) is 36.9 Å². The Kier molecular flexibility index (Phi) is 8.70. The van der Waals surface area contributed by atoms with Crippen molar-refractivity contribution in [3.8, 4) is 5.75 Å². The number of carbonyl (C=O) groups is 3. The van der Waals surface area contributed by atoms with Gasteiger partial charge in [0, 0.05) is 28.9 Å². The number of alkyl halides is 1. The predicted molar refractivity (Wildman–Crippen MR) is 147 cm³/mol. The van der Waals surface area contributed by atoms with Gasteiger partial charge in [-0.3, -0.25) is 14.4 Å². The number of ether oxygens (including phenoxy) is 2. The number of benzene rings is 1. The van der Waals surface area contributed by atoms with Crippen molar-refractivity contribution in [2.75, 3.05) is 38.3 Å². The van der Waals surface area contributed by atoms with E-state index in [1.54, 1.807) is 60.2 Å².